The molecular formula is C11H22N2O. The molecule has 0 radical (unpaired) electrons. The number of piperidine rings is 1. The third-order valence-corrected chi connectivity index (χ3v) is 3.49. The lowest BCUT2D eigenvalue weighted by Gasteiger charge is -2.34. The van der Waals surface area contributed by atoms with Crippen molar-refractivity contribution in [1.82, 2.24) is 4.90 Å². The Hall–Kier alpha value is -0.120. The van der Waals surface area contributed by atoms with E-state index in [2.05, 4.69) is 4.90 Å². The van der Waals surface area contributed by atoms with Crippen molar-refractivity contribution in [2.45, 2.75) is 31.7 Å². The second kappa shape index (κ2) is 5.10. The summed E-state index contributed by atoms with van der Waals surface area (Å²) in [5.74, 6) is 0.873. The molecule has 2 fully saturated rings. The molecule has 14 heavy (non-hydrogen) atoms. The van der Waals surface area contributed by atoms with Gasteiger partial charge in [0.1, 0.15) is 0 Å². The molecule has 0 saturated carbocycles. The fraction of sp³-hybridized carbons (Fsp3) is 1.00. The molecule has 2 rings (SSSR count). The van der Waals surface area contributed by atoms with Crippen molar-refractivity contribution in [3.63, 3.8) is 0 Å². The molecule has 2 aliphatic heterocycles. The quantitative estimate of drug-likeness (QED) is 0.714. The van der Waals surface area contributed by atoms with Crippen molar-refractivity contribution in [2.24, 2.45) is 11.7 Å². The van der Waals surface area contributed by atoms with Crippen LogP contribution in [0.1, 0.15) is 25.7 Å². The molecule has 0 bridgehead atoms. The Morgan fingerprint density at radius 1 is 1.07 bits per heavy atom. The number of hydrogen-bond acceptors (Lipinski definition) is 3. The summed E-state index contributed by atoms with van der Waals surface area (Å²) in [4.78, 5) is 2.58. The van der Waals surface area contributed by atoms with E-state index in [0.29, 0.717) is 6.04 Å². The van der Waals surface area contributed by atoms with E-state index in [1.165, 1.54) is 45.3 Å². The van der Waals surface area contributed by atoms with Gasteiger partial charge in [-0.15, -0.1) is 0 Å². The zero-order valence-electron chi connectivity index (χ0n) is 8.95. The Bertz CT molecular complexity index is 161. The average Bonchev–Trinajstić information content (AvgIpc) is 2.23. The standard InChI is InChI=1S/C11H22N2O/c12-11-1-5-13(6-2-11)9-10-3-7-14-8-4-10/h10-11H,1-9,12H2. The summed E-state index contributed by atoms with van der Waals surface area (Å²) in [7, 11) is 0. The van der Waals surface area contributed by atoms with E-state index in [9.17, 15) is 0 Å². The zero-order valence-corrected chi connectivity index (χ0v) is 8.95. The predicted molar refractivity (Wildman–Crippen MR) is 57.2 cm³/mol. The van der Waals surface area contributed by atoms with Crippen LogP contribution in [0.4, 0.5) is 0 Å². The summed E-state index contributed by atoms with van der Waals surface area (Å²) in [5.41, 5.74) is 5.88. The summed E-state index contributed by atoms with van der Waals surface area (Å²) in [6.45, 7) is 5.63. The number of rotatable bonds is 2. The fourth-order valence-electron chi connectivity index (χ4n) is 2.43. The maximum Gasteiger partial charge on any atom is 0.0469 e. The Kier molecular flexibility index (Phi) is 3.79. The van der Waals surface area contributed by atoms with Crippen molar-refractivity contribution in [1.29, 1.82) is 0 Å². The lowest BCUT2D eigenvalue weighted by atomic mass is 9.97. The van der Waals surface area contributed by atoms with Gasteiger partial charge in [0.05, 0.1) is 0 Å². The van der Waals surface area contributed by atoms with Crippen LogP contribution in [0.5, 0.6) is 0 Å². The van der Waals surface area contributed by atoms with E-state index in [1.807, 2.05) is 0 Å². The molecule has 2 N–H and O–H groups in total. The van der Waals surface area contributed by atoms with E-state index in [4.69, 9.17) is 10.5 Å². The summed E-state index contributed by atoms with van der Waals surface area (Å²) < 4.78 is 5.37. The second-order valence-corrected chi connectivity index (χ2v) is 4.69. The van der Waals surface area contributed by atoms with Gasteiger partial charge in [-0.25, -0.2) is 0 Å². The lowest BCUT2D eigenvalue weighted by Crippen LogP contribution is -2.42. The van der Waals surface area contributed by atoms with Gasteiger partial charge in [-0.1, -0.05) is 0 Å². The van der Waals surface area contributed by atoms with E-state index in [0.717, 1.165) is 19.1 Å². The molecule has 2 heterocycles. The minimum atomic E-state index is 0.459. The first-order valence-electron chi connectivity index (χ1n) is 5.90. The highest BCUT2D eigenvalue weighted by Gasteiger charge is 2.20. The van der Waals surface area contributed by atoms with Gasteiger partial charge >= 0.3 is 0 Å². The van der Waals surface area contributed by atoms with E-state index < -0.39 is 0 Å². The molecule has 2 aliphatic rings. The number of hydrogen-bond donors (Lipinski definition) is 1. The van der Waals surface area contributed by atoms with Gasteiger partial charge < -0.3 is 15.4 Å². The van der Waals surface area contributed by atoms with Gasteiger partial charge in [-0.2, -0.15) is 0 Å². The van der Waals surface area contributed by atoms with Gasteiger partial charge in [0, 0.05) is 25.8 Å². The molecule has 0 spiro atoms. The van der Waals surface area contributed by atoms with Gasteiger partial charge in [-0.3, -0.25) is 0 Å². The third-order valence-electron chi connectivity index (χ3n) is 3.49. The molecular weight excluding hydrogens is 176 g/mol. The van der Waals surface area contributed by atoms with Gasteiger partial charge in [0.2, 0.25) is 0 Å². The molecule has 0 aromatic heterocycles. The Balaban J connectivity index is 1.68. The average molecular weight is 198 g/mol. The monoisotopic (exact) mass is 198 g/mol. The van der Waals surface area contributed by atoms with Crippen LogP contribution in [0.25, 0.3) is 0 Å². The molecule has 0 atom stereocenters. The summed E-state index contributed by atoms with van der Waals surface area (Å²) >= 11 is 0. The summed E-state index contributed by atoms with van der Waals surface area (Å²) in [5, 5.41) is 0. The van der Waals surface area contributed by atoms with Crippen molar-refractivity contribution in [3.05, 3.63) is 0 Å². The SMILES string of the molecule is NC1CCN(CC2CCOCC2)CC1. The van der Waals surface area contributed by atoms with Crippen LogP contribution in [0.15, 0.2) is 0 Å². The predicted octanol–water partition coefficient (Wildman–Crippen LogP) is 0.836. The normalized spacial score (nSPS) is 28.1. The molecule has 0 unspecified atom stereocenters. The van der Waals surface area contributed by atoms with E-state index in [1.54, 1.807) is 0 Å². The van der Waals surface area contributed by atoms with E-state index >= 15 is 0 Å². The lowest BCUT2D eigenvalue weighted by molar-refractivity contribution is 0.0489. The molecule has 82 valence electrons. The maximum absolute atomic E-state index is 5.88. The number of nitrogens with zero attached hydrogens (tertiary/aromatic N) is 1. The molecule has 0 aromatic carbocycles. The van der Waals surface area contributed by atoms with Gasteiger partial charge in [-0.05, 0) is 44.7 Å². The summed E-state index contributed by atoms with van der Waals surface area (Å²) in [6.07, 6.45) is 4.87. The highest BCUT2D eigenvalue weighted by molar-refractivity contribution is 4.76. The number of ether oxygens (including phenoxy) is 1. The molecule has 2 saturated heterocycles. The van der Waals surface area contributed by atoms with Crippen LogP contribution in [-0.4, -0.2) is 43.8 Å². The highest BCUT2D eigenvalue weighted by atomic mass is 16.5. The Labute approximate surface area is 86.6 Å². The minimum Gasteiger partial charge on any atom is -0.381 e. The molecule has 0 aliphatic carbocycles. The van der Waals surface area contributed by atoms with Crippen LogP contribution >= 0.6 is 0 Å². The van der Waals surface area contributed by atoms with Crippen LogP contribution < -0.4 is 5.73 Å². The smallest absolute Gasteiger partial charge is 0.0469 e. The van der Waals surface area contributed by atoms with Crippen molar-refractivity contribution >= 4 is 0 Å². The van der Waals surface area contributed by atoms with Gasteiger partial charge in [0.25, 0.3) is 0 Å². The van der Waals surface area contributed by atoms with Crippen LogP contribution in [0, 0.1) is 5.92 Å². The first kappa shape index (κ1) is 10.4. The van der Waals surface area contributed by atoms with E-state index in [-0.39, 0.29) is 0 Å². The first-order valence-corrected chi connectivity index (χ1v) is 5.90. The topological polar surface area (TPSA) is 38.5 Å². The minimum absolute atomic E-state index is 0.459. The molecule has 0 aromatic rings. The molecule has 3 nitrogen and oxygen atoms in total. The van der Waals surface area contributed by atoms with Gasteiger partial charge in [0.15, 0.2) is 0 Å². The summed E-state index contributed by atoms with van der Waals surface area (Å²) in [6, 6.07) is 0.459. The molecule has 3 heteroatoms. The maximum atomic E-state index is 5.88. The number of likely N-dealkylation sites (tertiary alicyclic amines) is 1. The highest BCUT2D eigenvalue weighted by Crippen LogP contribution is 2.18. The van der Waals surface area contributed by atoms with Crippen molar-refractivity contribution < 1.29 is 4.74 Å². The second-order valence-electron chi connectivity index (χ2n) is 4.69. The van der Waals surface area contributed by atoms with Crippen molar-refractivity contribution in [2.75, 3.05) is 32.8 Å². The molecule has 0 amide bonds. The first-order chi connectivity index (χ1) is 6.84. The fourth-order valence-corrected chi connectivity index (χ4v) is 2.43. The number of nitrogens with two attached hydrogens (primary N) is 1. The third kappa shape index (κ3) is 2.94. The van der Waals surface area contributed by atoms with Crippen LogP contribution in [-0.2, 0) is 4.74 Å². The van der Waals surface area contributed by atoms with Crippen LogP contribution in [0.2, 0.25) is 0 Å². The largest absolute Gasteiger partial charge is 0.381 e. The van der Waals surface area contributed by atoms with Crippen molar-refractivity contribution in [3.8, 4) is 0 Å². The Morgan fingerprint density at radius 3 is 2.36 bits per heavy atom. The van der Waals surface area contributed by atoms with Crippen LogP contribution in [0.3, 0.4) is 0 Å². The zero-order chi connectivity index (χ0) is 9.80. The Morgan fingerprint density at radius 2 is 1.71 bits per heavy atom.